The topological polar surface area (TPSA) is 77.6 Å². The molecule has 0 aliphatic rings. The molecule has 130 valence electrons. The molecule has 1 unspecified atom stereocenters. The fraction of sp³-hybridized carbons (Fsp3) is 0.250. The summed E-state index contributed by atoms with van der Waals surface area (Å²) in [6.07, 6.45) is 4.92. The molecule has 25 heavy (non-hydrogen) atoms. The van der Waals surface area contributed by atoms with Crippen LogP contribution in [0.15, 0.2) is 47.5 Å². The molecule has 9 heteroatoms. The Hall–Kier alpha value is -2.55. The number of aromatic nitrogens is 5. The van der Waals surface area contributed by atoms with E-state index in [1.807, 2.05) is 0 Å². The quantitative estimate of drug-likeness (QED) is 0.682. The lowest BCUT2D eigenvalue weighted by Gasteiger charge is -2.10. The summed E-state index contributed by atoms with van der Waals surface area (Å²) in [5.74, 6) is -0.641. The maximum absolute atomic E-state index is 13.7. The predicted molar refractivity (Wildman–Crippen MR) is 93.2 cm³/mol. The third-order valence-corrected chi connectivity index (χ3v) is 3.98. The van der Waals surface area contributed by atoms with Crippen molar-refractivity contribution in [1.29, 1.82) is 0 Å². The second-order valence-corrected chi connectivity index (χ2v) is 6.54. The summed E-state index contributed by atoms with van der Waals surface area (Å²) in [6.45, 7) is 2.47. The first kappa shape index (κ1) is 17.3. The highest BCUT2D eigenvalue weighted by molar-refractivity contribution is 9.10. The molecule has 0 spiro atoms. The highest BCUT2D eigenvalue weighted by Crippen LogP contribution is 2.11. The van der Waals surface area contributed by atoms with Gasteiger partial charge in [0.05, 0.1) is 29.7 Å². The Morgan fingerprint density at radius 2 is 2.16 bits per heavy atom. The zero-order chi connectivity index (χ0) is 17.8. The van der Waals surface area contributed by atoms with Crippen LogP contribution in [0.4, 0.5) is 10.3 Å². The molecule has 0 saturated carbocycles. The van der Waals surface area contributed by atoms with Crippen LogP contribution in [0.5, 0.6) is 0 Å². The summed E-state index contributed by atoms with van der Waals surface area (Å²) in [7, 11) is 0. The van der Waals surface area contributed by atoms with Crippen LogP contribution >= 0.6 is 15.9 Å². The Morgan fingerprint density at radius 1 is 1.36 bits per heavy atom. The Bertz CT molecular complexity index is 877. The van der Waals surface area contributed by atoms with Gasteiger partial charge in [0.2, 0.25) is 11.9 Å². The minimum Gasteiger partial charge on any atom is -0.293 e. The molecular formula is C16H16BrFN6O. The van der Waals surface area contributed by atoms with Crippen LogP contribution in [-0.2, 0) is 17.9 Å². The fourth-order valence-corrected chi connectivity index (χ4v) is 2.59. The summed E-state index contributed by atoms with van der Waals surface area (Å²) < 4.78 is 17.7. The maximum Gasteiger partial charge on any atom is 0.248 e. The van der Waals surface area contributed by atoms with E-state index in [1.165, 1.54) is 17.1 Å². The van der Waals surface area contributed by atoms with Gasteiger partial charge in [-0.2, -0.15) is 5.10 Å². The van der Waals surface area contributed by atoms with Crippen LogP contribution in [0, 0.1) is 11.7 Å². The Kier molecular flexibility index (Phi) is 5.22. The maximum atomic E-state index is 13.7. The Balaban J connectivity index is 1.59. The lowest BCUT2D eigenvalue weighted by atomic mass is 10.1. The van der Waals surface area contributed by atoms with Crippen LogP contribution in [0.3, 0.4) is 0 Å². The van der Waals surface area contributed by atoms with Crippen molar-refractivity contribution in [3.63, 3.8) is 0 Å². The Labute approximate surface area is 152 Å². The van der Waals surface area contributed by atoms with Gasteiger partial charge in [0.1, 0.15) is 12.1 Å². The van der Waals surface area contributed by atoms with Gasteiger partial charge in [0.25, 0.3) is 0 Å². The van der Waals surface area contributed by atoms with Gasteiger partial charge in [-0.25, -0.2) is 14.1 Å². The van der Waals surface area contributed by atoms with Gasteiger partial charge < -0.3 is 0 Å². The van der Waals surface area contributed by atoms with E-state index >= 15 is 0 Å². The third kappa shape index (κ3) is 4.50. The molecule has 0 radical (unpaired) electrons. The zero-order valence-electron chi connectivity index (χ0n) is 13.4. The van der Waals surface area contributed by atoms with E-state index < -0.39 is 0 Å². The number of carbonyl (C=O) groups is 1. The number of rotatable bonds is 6. The summed E-state index contributed by atoms with van der Waals surface area (Å²) in [6, 6.07) is 6.46. The summed E-state index contributed by atoms with van der Waals surface area (Å²) in [5.41, 5.74) is 0.503. The molecule has 1 amide bonds. The third-order valence-electron chi connectivity index (χ3n) is 3.57. The van der Waals surface area contributed by atoms with Gasteiger partial charge in [-0.1, -0.05) is 25.1 Å². The summed E-state index contributed by atoms with van der Waals surface area (Å²) >= 11 is 3.31. The first-order chi connectivity index (χ1) is 12.0. The van der Waals surface area contributed by atoms with Crippen molar-refractivity contribution < 1.29 is 9.18 Å². The molecule has 1 aromatic carbocycles. The second-order valence-electron chi connectivity index (χ2n) is 5.63. The molecule has 0 aliphatic carbocycles. The van der Waals surface area contributed by atoms with Gasteiger partial charge in [0, 0.05) is 11.8 Å². The molecule has 1 N–H and O–H groups in total. The van der Waals surface area contributed by atoms with E-state index in [0.717, 1.165) is 4.47 Å². The molecule has 2 heterocycles. The fourth-order valence-electron chi connectivity index (χ4n) is 2.26. The molecule has 7 nitrogen and oxygen atoms in total. The van der Waals surface area contributed by atoms with Crippen LogP contribution in [0.25, 0.3) is 0 Å². The predicted octanol–water partition coefficient (Wildman–Crippen LogP) is 2.70. The molecule has 0 fully saturated rings. The Morgan fingerprint density at radius 3 is 2.88 bits per heavy atom. The molecule has 3 aromatic rings. The molecule has 0 aliphatic heterocycles. The summed E-state index contributed by atoms with van der Waals surface area (Å²) in [4.78, 5) is 16.3. The first-order valence-electron chi connectivity index (χ1n) is 7.63. The largest absolute Gasteiger partial charge is 0.293 e. The van der Waals surface area contributed by atoms with Gasteiger partial charge in [-0.15, -0.1) is 5.10 Å². The lowest BCUT2D eigenvalue weighted by Crippen LogP contribution is -2.25. The highest BCUT2D eigenvalue weighted by atomic mass is 79.9. The number of hydrogen-bond acceptors (Lipinski definition) is 4. The normalized spacial score (nSPS) is 12.1. The van der Waals surface area contributed by atoms with Crippen molar-refractivity contribution >= 4 is 27.8 Å². The van der Waals surface area contributed by atoms with Gasteiger partial charge >= 0.3 is 0 Å². The molecular weight excluding hydrogens is 391 g/mol. The average Bonchev–Trinajstić information content (AvgIpc) is 3.18. The number of amides is 1. The molecule has 0 bridgehead atoms. The average molecular weight is 407 g/mol. The highest BCUT2D eigenvalue weighted by Gasteiger charge is 2.16. The number of anilines is 1. The van der Waals surface area contributed by atoms with Crippen LogP contribution in [0.2, 0.25) is 0 Å². The molecule has 1 atom stereocenters. The number of halogens is 2. The van der Waals surface area contributed by atoms with E-state index in [0.29, 0.717) is 12.1 Å². The number of carbonyl (C=O) groups excluding carboxylic acids is 1. The molecule has 3 rings (SSSR count). The van der Waals surface area contributed by atoms with Crippen molar-refractivity contribution in [3.8, 4) is 0 Å². The van der Waals surface area contributed by atoms with E-state index in [-0.39, 0.29) is 30.1 Å². The SMILES string of the molecule is CC(Cn1cc(Br)cn1)C(=O)Nc1ncn(Cc2ccccc2F)n1. The minimum atomic E-state index is -0.315. The number of nitrogens with one attached hydrogen (secondary N) is 1. The van der Waals surface area contributed by atoms with Gasteiger partial charge in [0.15, 0.2) is 0 Å². The van der Waals surface area contributed by atoms with Crippen molar-refractivity contribution in [2.24, 2.45) is 5.92 Å². The van der Waals surface area contributed by atoms with E-state index in [9.17, 15) is 9.18 Å². The number of nitrogens with zero attached hydrogens (tertiary/aromatic N) is 5. The van der Waals surface area contributed by atoms with Crippen molar-refractivity contribution in [2.75, 3.05) is 5.32 Å². The van der Waals surface area contributed by atoms with Gasteiger partial charge in [-0.05, 0) is 22.0 Å². The van der Waals surface area contributed by atoms with Crippen molar-refractivity contribution in [2.45, 2.75) is 20.0 Å². The first-order valence-corrected chi connectivity index (χ1v) is 8.42. The standard InChI is InChI=1S/C16H16BrFN6O/c1-11(7-23-9-13(17)6-20-23)15(25)21-16-19-10-24(22-16)8-12-4-2-3-5-14(12)18/h2-6,9-11H,7-8H2,1H3,(H,21,22,25). The van der Waals surface area contributed by atoms with E-state index in [1.54, 1.807) is 42.2 Å². The molecule has 2 aromatic heterocycles. The van der Waals surface area contributed by atoms with Crippen LogP contribution in [0.1, 0.15) is 12.5 Å². The molecule has 0 saturated heterocycles. The second kappa shape index (κ2) is 7.56. The van der Waals surface area contributed by atoms with E-state index in [2.05, 4.69) is 36.4 Å². The minimum absolute atomic E-state index is 0.190. The zero-order valence-corrected chi connectivity index (χ0v) is 15.0. The lowest BCUT2D eigenvalue weighted by molar-refractivity contribution is -0.119. The number of benzene rings is 1. The smallest absolute Gasteiger partial charge is 0.248 e. The monoisotopic (exact) mass is 406 g/mol. The van der Waals surface area contributed by atoms with Crippen molar-refractivity contribution in [3.05, 3.63) is 58.8 Å². The summed E-state index contributed by atoms with van der Waals surface area (Å²) in [5, 5.41) is 10.9. The van der Waals surface area contributed by atoms with Crippen molar-refractivity contribution in [1.82, 2.24) is 24.5 Å². The van der Waals surface area contributed by atoms with E-state index in [4.69, 9.17) is 0 Å². The van der Waals surface area contributed by atoms with Crippen LogP contribution < -0.4 is 5.32 Å². The van der Waals surface area contributed by atoms with Crippen LogP contribution in [-0.4, -0.2) is 30.5 Å². The van der Waals surface area contributed by atoms with Gasteiger partial charge in [-0.3, -0.25) is 14.8 Å². The number of hydrogen-bond donors (Lipinski definition) is 1.